The zero-order chi connectivity index (χ0) is 21.1. The monoisotopic (exact) mass is 424 g/mol. The molecule has 1 atom stereocenters. The molecular formula is C20H19F3N2O3S. The van der Waals surface area contributed by atoms with Gasteiger partial charge in [0.25, 0.3) is 0 Å². The number of alkyl halides is 3. The maximum atomic E-state index is 12.8. The zero-order valence-corrected chi connectivity index (χ0v) is 16.1. The molecule has 0 bridgehead atoms. The predicted octanol–water partition coefficient (Wildman–Crippen LogP) is 4.53. The molecule has 0 spiro atoms. The van der Waals surface area contributed by atoms with Gasteiger partial charge in [-0.2, -0.15) is 0 Å². The molecule has 0 aliphatic carbocycles. The number of rotatable bonds is 8. The molecule has 3 rings (SSSR count). The smallest absolute Gasteiger partial charge is 0.404 e. The number of nitrogens with one attached hydrogen (secondary N) is 2. The van der Waals surface area contributed by atoms with Crippen molar-refractivity contribution in [3.8, 4) is 5.75 Å². The summed E-state index contributed by atoms with van der Waals surface area (Å²) < 4.78 is 69.9. The van der Waals surface area contributed by atoms with E-state index >= 15 is 0 Å². The second-order valence-corrected chi connectivity index (χ2v) is 8.08. The number of para-hydroxylation sites is 2. The SMILES string of the molecule is C=CC[C@@H](Cc1c[nH]c2ccccc12)NS(=O)(=O)c1ccccc1OC(F)(F)F. The summed E-state index contributed by atoms with van der Waals surface area (Å²) >= 11 is 0. The van der Waals surface area contributed by atoms with Crippen LogP contribution in [0.3, 0.4) is 0 Å². The molecule has 0 saturated heterocycles. The first-order valence-electron chi connectivity index (χ1n) is 8.72. The van der Waals surface area contributed by atoms with Gasteiger partial charge in [0.05, 0.1) is 0 Å². The summed E-state index contributed by atoms with van der Waals surface area (Å²) in [6.07, 6.45) is -1.04. The van der Waals surface area contributed by atoms with E-state index in [1.807, 2.05) is 24.3 Å². The van der Waals surface area contributed by atoms with Gasteiger partial charge < -0.3 is 9.72 Å². The van der Waals surface area contributed by atoms with Crippen LogP contribution in [0.4, 0.5) is 13.2 Å². The average molecular weight is 424 g/mol. The summed E-state index contributed by atoms with van der Waals surface area (Å²) in [6.45, 7) is 3.64. The fourth-order valence-electron chi connectivity index (χ4n) is 3.10. The lowest BCUT2D eigenvalue weighted by molar-refractivity contribution is -0.275. The maximum Gasteiger partial charge on any atom is 0.573 e. The molecule has 0 saturated carbocycles. The van der Waals surface area contributed by atoms with Crippen molar-refractivity contribution >= 4 is 20.9 Å². The van der Waals surface area contributed by atoms with Crippen LogP contribution < -0.4 is 9.46 Å². The molecule has 29 heavy (non-hydrogen) atoms. The van der Waals surface area contributed by atoms with Crippen LogP contribution in [-0.4, -0.2) is 25.8 Å². The lowest BCUT2D eigenvalue weighted by atomic mass is 10.0. The highest BCUT2D eigenvalue weighted by Crippen LogP contribution is 2.30. The van der Waals surface area contributed by atoms with E-state index in [1.54, 1.807) is 12.3 Å². The third-order valence-corrected chi connectivity index (χ3v) is 5.84. The van der Waals surface area contributed by atoms with Crippen molar-refractivity contribution in [1.29, 1.82) is 0 Å². The van der Waals surface area contributed by atoms with Gasteiger partial charge in [-0.15, -0.1) is 19.8 Å². The van der Waals surface area contributed by atoms with Crippen LogP contribution in [0.15, 0.2) is 72.3 Å². The van der Waals surface area contributed by atoms with E-state index < -0.39 is 33.1 Å². The molecule has 1 heterocycles. The minimum absolute atomic E-state index is 0.293. The van der Waals surface area contributed by atoms with Gasteiger partial charge in [0.2, 0.25) is 10.0 Å². The summed E-state index contributed by atoms with van der Waals surface area (Å²) in [5.41, 5.74) is 1.79. The number of fused-ring (bicyclic) bond motifs is 1. The number of aromatic nitrogens is 1. The second kappa shape index (κ2) is 8.30. The van der Waals surface area contributed by atoms with E-state index in [4.69, 9.17) is 0 Å². The van der Waals surface area contributed by atoms with Crippen molar-refractivity contribution in [2.75, 3.05) is 0 Å². The Hall–Kier alpha value is -2.78. The van der Waals surface area contributed by atoms with Gasteiger partial charge in [0, 0.05) is 23.1 Å². The number of benzene rings is 2. The second-order valence-electron chi connectivity index (χ2n) is 6.40. The molecule has 0 radical (unpaired) electrons. The van der Waals surface area contributed by atoms with E-state index in [2.05, 4.69) is 21.0 Å². The normalized spacial score (nSPS) is 13.3. The molecule has 5 nitrogen and oxygen atoms in total. The van der Waals surface area contributed by atoms with E-state index in [0.717, 1.165) is 28.6 Å². The molecule has 2 aromatic carbocycles. The van der Waals surface area contributed by atoms with Crippen LogP contribution in [0.1, 0.15) is 12.0 Å². The first kappa shape index (κ1) is 20.9. The average Bonchev–Trinajstić information content (AvgIpc) is 3.04. The van der Waals surface area contributed by atoms with Crippen LogP contribution in [0.5, 0.6) is 5.75 Å². The Morgan fingerprint density at radius 1 is 1.14 bits per heavy atom. The molecule has 154 valence electrons. The maximum absolute atomic E-state index is 12.8. The highest BCUT2D eigenvalue weighted by Gasteiger charge is 2.34. The van der Waals surface area contributed by atoms with Crippen LogP contribution in [0.2, 0.25) is 0 Å². The lowest BCUT2D eigenvalue weighted by Gasteiger charge is -2.19. The number of aromatic amines is 1. The molecule has 0 fully saturated rings. The first-order chi connectivity index (χ1) is 13.7. The number of hydrogen-bond acceptors (Lipinski definition) is 3. The van der Waals surface area contributed by atoms with Crippen molar-refractivity contribution in [1.82, 2.24) is 9.71 Å². The van der Waals surface area contributed by atoms with Gasteiger partial charge in [-0.05, 0) is 36.6 Å². The highest BCUT2D eigenvalue weighted by molar-refractivity contribution is 7.89. The van der Waals surface area contributed by atoms with Crippen LogP contribution >= 0.6 is 0 Å². The Labute approximate surface area is 166 Å². The van der Waals surface area contributed by atoms with Crippen molar-refractivity contribution in [3.05, 3.63) is 72.9 Å². The van der Waals surface area contributed by atoms with Crippen LogP contribution in [0.25, 0.3) is 10.9 Å². The molecular weight excluding hydrogens is 405 g/mol. The van der Waals surface area contributed by atoms with Gasteiger partial charge in [-0.3, -0.25) is 0 Å². The zero-order valence-electron chi connectivity index (χ0n) is 15.2. The Morgan fingerprint density at radius 2 is 1.83 bits per heavy atom. The summed E-state index contributed by atoms with van der Waals surface area (Å²) in [6, 6.07) is 11.6. The third-order valence-electron chi connectivity index (χ3n) is 4.28. The minimum atomic E-state index is -5.00. The molecule has 0 aliphatic rings. The fraction of sp³-hybridized carbons (Fsp3) is 0.200. The first-order valence-corrected chi connectivity index (χ1v) is 10.2. The molecule has 9 heteroatoms. The molecule has 0 aliphatic heterocycles. The molecule has 1 aromatic heterocycles. The fourth-order valence-corrected chi connectivity index (χ4v) is 4.48. The highest BCUT2D eigenvalue weighted by atomic mass is 32.2. The lowest BCUT2D eigenvalue weighted by Crippen LogP contribution is -2.36. The Kier molecular flexibility index (Phi) is 5.99. The van der Waals surface area contributed by atoms with E-state index in [0.29, 0.717) is 12.8 Å². The summed E-state index contributed by atoms with van der Waals surface area (Å²) in [7, 11) is -4.27. The summed E-state index contributed by atoms with van der Waals surface area (Å²) in [5, 5.41) is 0.946. The minimum Gasteiger partial charge on any atom is -0.404 e. The standard InChI is InChI=1S/C20H19F3N2O3S/c1-2-7-15(12-14-13-24-17-9-4-3-8-16(14)17)25-29(26,27)19-11-6-5-10-18(19)28-20(21,22)23/h2-6,8-11,13,15,24-25H,1,7,12H2/t15-/m0/s1. The van der Waals surface area contributed by atoms with Crippen molar-refractivity contribution in [2.24, 2.45) is 0 Å². The van der Waals surface area contributed by atoms with Crippen LogP contribution in [-0.2, 0) is 16.4 Å². The summed E-state index contributed by atoms with van der Waals surface area (Å²) in [5.74, 6) is -0.781. The molecule has 0 amide bonds. The van der Waals surface area contributed by atoms with Gasteiger partial charge in [-0.1, -0.05) is 36.4 Å². The van der Waals surface area contributed by atoms with Crippen LogP contribution in [0, 0.1) is 0 Å². The Bertz CT molecular complexity index is 1110. The van der Waals surface area contributed by atoms with Gasteiger partial charge in [-0.25, -0.2) is 13.1 Å². The van der Waals surface area contributed by atoms with Gasteiger partial charge in [0.1, 0.15) is 10.6 Å². The number of sulfonamides is 1. The topological polar surface area (TPSA) is 71.2 Å². The summed E-state index contributed by atoms with van der Waals surface area (Å²) in [4.78, 5) is 2.54. The number of ether oxygens (including phenoxy) is 1. The van der Waals surface area contributed by atoms with E-state index in [1.165, 1.54) is 12.1 Å². The molecule has 2 N–H and O–H groups in total. The van der Waals surface area contributed by atoms with E-state index in [-0.39, 0.29) is 0 Å². The largest absolute Gasteiger partial charge is 0.573 e. The Balaban J connectivity index is 1.88. The van der Waals surface area contributed by atoms with E-state index in [9.17, 15) is 21.6 Å². The predicted molar refractivity (Wildman–Crippen MR) is 104 cm³/mol. The third kappa shape index (κ3) is 5.18. The molecule has 0 unspecified atom stereocenters. The van der Waals surface area contributed by atoms with Crippen molar-refractivity contribution in [2.45, 2.75) is 30.1 Å². The number of hydrogen-bond donors (Lipinski definition) is 2. The van der Waals surface area contributed by atoms with Crippen molar-refractivity contribution < 1.29 is 26.3 Å². The molecule has 3 aromatic rings. The quantitative estimate of drug-likeness (QED) is 0.522. The number of halogens is 3. The number of H-pyrrole nitrogens is 1. The van der Waals surface area contributed by atoms with Gasteiger partial charge >= 0.3 is 6.36 Å². The Morgan fingerprint density at radius 3 is 2.55 bits per heavy atom. The van der Waals surface area contributed by atoms with Gasteiger partial charge in [0.15, 0.2) is 0 Å². The van der Waals surface area contributed by atoms with Crippen molar-refractivity contribution in [3.63, 3.8) is 0 Å².